The number of carbonyl (C=O) groups is 1. The van der Waals surface area contributed by atoms with Crippen LogP contribution in [0.4, 0.5) is 5.95 Å². The van der Waals surface area contributed by atoms with E-state index >= 15 is 0 Å². The van der Waals surface area contributed by atoms with Crippen molar-refractivity contribution in [2.24, 2.45) is 0 Å². The lowest BCUT2D eigenvalue weighted by Gasteiger charge is -2.14. The molecule has 0 aliphatic heterocycles. The van der Waals surface area contributed by atoms with Gasteiger partial charge < -0.3 is 15.0 Å². The van der Waals surface area contributed by atoms with Gasteiger partial charge in [0.1, 0.15) is 4.32 Å². The Bertz CT molecular complexity index is 652. The first-order chi connectivity index (χ1) is 9.49. The average molecular weight is 309 g/mol. The molecule has 5 nitrogen and oxygen atoms in total. The number of thioether (sulfide) groups is 1. The highest BCUT2D eigenvalue weighted by Crippen LogP contribution is 2.24. The summed E-state index contributed by atoms with van der Waals surface area (Å²) in [6.45, 7) is 4.12. The molecule has 0 unspecified atom stereocenters. The largest absolute Gasteiger partial charge is 0.481 e. The molecule has 2 aromatic rings. The van der Waals surface area contributed by atoms with Crippen molar-refractivity contribution >= 4 is 51.3 Å². The molecular formula is C13H15N3O2S2. The van der Waals surface area contributed by atoms with Crippen molar-refractivity contribution in [2.45, 2.75) is 19.9 Å². The number of carboxylic acids is 1. The molecule has 0 aliphatic rings. The Morgan fingerprint density at radius 2 is 2.20 bits per heavy atom. The lowest BCUT2D eigenvalue weighted by Crippen LogP contribution is -2.14. The van der Waals surface area contributed by atoms with Gasteiger partial charge in [-0.15, -0.1) is 0 Å². The minimum Gasteiger partial charge on any atom is -0.481 e. The van der Waals surface area contributed by atoms with E-state index in [2.05, 4.69) is 24.1 Å². The number of para-hydroxylation sites is 2. The van der Waals surface area contributed by atoms with Gasteiger partial charge in [0.25, 0.3) is 0 Å². The van der Waals surface area contributed by atoms with Gasteiger partial charge in [-0.3, -0.25) is 4.79 Å². The molecule has 0 aliphatic carbocycles. The van der Waals surface area contributed by atoms with E-state index in [-0.39, 0.29) is 11.8 Å². The van der Waals surface area contributed by atoms with E-state index in [1.807, 2.05) is 28.8 Å². The molecule has 106 valence electrons. The molecule has 0 radical (unpaired) electrons. The molecule has 0 saturated carbocycles. The van der Waals surface area contributed by atoms with Crippen LogP contribution in [0, 0.1) is 0 Å². The average Bonchev–Trinajstić information content (AvgIpc) is 2.74. The van der Waals surface area contributed by atoms with Gasteiger partial charge in [-0.25, -0.2) is 4.98 Å². The first-order valence-electron chi connectivity index (χ1n) is 6.11. The predicted molar refractivity (Wildman–Crippen MR) is 86.4 cm³/mol. The molecular weight excluding hydrogens is 294 g/mol. The molecule has 0 amide bonds. The zero-order valence-corrected chi connectivity index (χ0v) is 12.8. The molecule has 2 rings (SSSR count). The molecule has 2 N–H and O–H groups in total. The first-order valence-corrected chi connectivity index (χ1v) is 7.51. The molecule has 20 heavy (non-hydrogen) atoms. The van der Waals surface area contributed by atoms with E-state index in [1.54, 1.807) is 0 Å². The number of thiocarbonyl (C=S) groups is 1. The number of nitrogens with one attached hydrogen (secondary N) is 1. The van der Waals surface area contributed by atoms with Crippen LogP contribution in [-0.2, 0) is 4.79 Å². The van der Waals surface area contributed by atoms with Gasteiger partial charge in [0, 0.05) is 6.04 Å². The minimum atomic E-state index is -0.892. The highest BCUT2D eigenvalue weighted by Gasteiger charge is 2.14. The van der Waals surface area contributed by atoms with Gasteiger partial charge in [0.05, 0.1) is 16.8 Å². The Kier molecular flexibility index (Phi) is 4.61. The van der Waals surface area contributed by atoms with Gasteiger partial charge in [0.2, 0.25) is 5.95 Å². The lowest BCUT2D eigenvalue weighted by atomic mass is 10.3. The maximum absolute atomic E-state index is 10.5. The third-order valence-electron chi connectivity index (χ3n) is 2.65. The van der Waals surface area contributed by atoms with Crippen molar-refractivity contribution in [1.82, 2.24) is 9.55 Å². The quantitative estimate of drug-likeness (QED) is 0.846. The number of fused-ring (bicyclic) bond motifs is 1. The minimum absolute atomic E-state index is 0.0618. The standard InChI is InChI=1S/C13H15N3O2S2/c1-8(2)16-10-6-4-3-5-9(10)14-12(16)15-13(19)20-7-11(17)18/h3-6,8H,7H2,1-2H3,(H,17,18)(H,14,15,19). The molecule has 7 heteroatoms. The summed E-state index contributed by atoms with van der Waals surface area (Å²) in [6.07, 6.45) is 0. The molecule has 0 saturated heterocycles. The topological polar surface area (TPSA) is 67.2 Å². The number of hydrogen-bond acceptors (Lipinski definition) is 4. The molecule has 1 heterocycles. The van der Waals surface area contributed by atoms with E-state index in [0.717, 1.165) is 22.8 Å². The number of hydrogen-bond donors (Lipinski definition) is 2. The van der Waals surface area contributed by atoms with Crippen LogP contribution in [-0.4, -0.2) is 30.7 Å². The van der Waals surface area contributed by atoms with Crippen LogP contribution in [0.15, 0.2) is 24.3 Å². The number of carboxylic acid groups (broad SMARTS) is 1. The van der Waals surface area contributed by atoms with Crippen molar-refractivity contribution in [3.63, 3.8) is 0 Å². The third-order valence-corrected chi connectivity index (χ3v) is 3.86. The molecule has 0 fully saturated rings. The first kappa shape index (κ1) is 14.8. The molecule has 1 aromatic carbocycles. The van der Waals surface area contributed by atoms with Crippen molar-refractivity contribution < 1.29 is 9.90 Å². The van der Waals surface area contributed by atoms with Crippen molar-refractivity contribution in [2.75, 3.05) is 11.1 Å². The maximum Gasteiger partial charge on any atom is 0.313 e. The maximum atomic E-state index is 10.5. The second kappa shape index (κ2) is 6.23. The lowest BCUT2D eigenvalue weighted by molar-refractivity contribution is -0.133. The van der Waals surface area contributed by atoms with Crippen molar-refractivity contribution in [3.05, 3.63) is 24.3 Å². The fourth-order valence-corrected chi connectivity index (χ4v) is 2.60. The van der Waals surface area contributed by atoms with Crippen LogP contribution in [0.3, 0.4) is 0 Å². The summed E-state index contributed by atoms with van der Waals surface area (Å²) in [5.74, 6) is -0.311. The number of imidazole rings is 1. The second-order valence-electron chi connectivity index (χ2n) is 4.48. The normalized spacial score (nSPS) is 10.9. The van der Waals surface area contributed by atoms with E-state index in [1.165, 1.54) is 0 Å². The Balaban J connectivity index is 2.27. The molecule has 0 bridgehead atoms. The van der Waals surface area contributed by atoms with Gasteiger partial charge in [-0.1, -0.05) is 36.1 Å². The van der Waals surface area contributed by atoms with Gasteiger partial charge >= 0.3 is 5.97 Å². The smallest absolute Gasteiger partial charge is 0.313 e. The monoisotopic (exact) mass is 309 g/mol. The van der Waals surface area contributed by atoms with Crippen LogP contribution in [0.25, 0.3) is 11.0 Å². The Morgan fingerprint density at radius 1 is 1.50 bits per heavy atom. The van der Waals surface area contributed by atoms with Crippen LogP contribution >= 0.6 is 24.0 Å². The number of nitrogens with zero attached hydrogens (tertiary/aromatic N) is 2. The Hall–Kier alpha value is -1.60. The summed E-state index contributed by atoms with van der Waals surface area (Å²) in [5.41, 5.74) is 1.91. The third kappa shape index (κ3) is 3.29. The SMILES string of the molecule is CC(C)n1c(NC(=S)SCC(=O)O)nc2ccccc21. The number of rotatable bonds is 4. The van der Waals surface area contributed by atoms with Crippen LogP contribution < -0.4 is 5.32 Å². The van der Waals surface area contributed by atoms with Gasteiger partial charge in [0.15, 0.2) is 0 Å². The molecule has 1 aromatic heterocycles. The molecule has 0 spiro atoms. The zero-order valence-electron chi connectivity index (χ0n) is 11.2. The Morgan fingerprint density at radius 3 is 2.85 bits per heavy atom. The second-order valence-corrected chi connectivity index (χ2v) is 6.14. The summed E-state index contributed by atoms with van der Waals surface area (Å²) in [5, 5.41) is 11.7. The summed E-state index contributed by atoms with van der Waals surface area (Å²) in [4.78, 5) is 15.0. The van der Waals surface area contributed by atoms with Gasteiger partial charge in [-0.2, -0.15) is 0 Å². The highest BCUT2D eigenvalue weighted by atomic mass is 32.2. The van der Waals surface area contributed by atoms with Crippen LogP contribution in [0.1, 0.15) is 19.9 Å². The summed E-state index contributed by atoms with van der Waals surface area (Å²) in [6, 6.07) is 8.05. The number of aromatic nitrogens is 2. The van der Waals surface area contributed by atoms with E-state index < -0.39 is 5.97 Å². The zero-order chi connectivity index (χ0) is 14.7. The Labute approximate surface area is 126 Å². The number of anilines is 1. The summed E-state index contributed by atoms with van der Waals surface area (Å²) >= 11 is 6.22. The summed E-state index contributed by atoms with van der Waals surface area (Å²) < 4.78 is 2.45. The highest BCUT2D eigenvalue weighted by molar-refractivity contribution is 8.23. The van der Waals surface area contributed by atoms with Crippen molar-refractivity contribution in [3.8, 4) is 0 Å². The van der Waals surface area contributed by atoms with Crippen molar-refractivity contribution in [1.29, 1.82) is 0 Å². The fraction of sp³-hybridized carbons (Fsp3) is 0.308. The fourth-order valence-electron chi connectivity index (χ4n) is 1.91. The molecule has 0 atom stereocenters. The number of aliphatic carboxylic acids is 1. The summed E-state index contributed by atoms with van der Waals surface area (Å²) in [7, 11) is 0. The van der Waals surface area contributed by atoms with E-state index in [9.17, 15) is 4.79 Å². The van der Waals surface area contributed by atoms with Crippen LogP contribution in [0.2, 0.25) is 0 Å². The van der Waals surface area contributed by atoms with E-state index in [4.69, 9.17) is 17.3 Å². The number of benzene rings is 1. The van der Waals surface area contributed by atoms with E-state index in [0.29, 0.717) is 10.3 Å². The van der Waals surface area contributed by atoms with Gasteiger partial charge in [-0.05, 0) is 26.0 Å². The van der Waals surface area contributed by atoms with Crippen LogP contribution in [0.5, 0.6) is 0 Å². The predicted octanol–water partition coefficient (Wildman–Crippen LogP) is 3.13.